The van der Waals surface area contributed by atoms with Crippen LogP contribution in [0.2, 0.25) is 5.02 Å². The minimum atomic E-state index is -3.03. The van der Waals surface area contributed by atoms with Crippen LogP contribution in [0.25, 0.3) is 0 Å². The second-order valence-electron chi connectivity index (χ2n) is 5.99. The summed E-state index contributed by atoms with van der Waals surface area (Å²) in [5, 5.41) is 3.69. The average molecular weight is 397 g/mol. The SMILES string of the molecule is CCCN1C(=O)c2ccc(Cl)cc2NC1c1cccc(OC)c1OC(F)F. The van der Waals surface area contributed by atoms with E-state index in [4.69, 9.17) is 21.1 Å². The maximum Gasteiger partial charge on any atom is 0.387 e. The number of rotatable bonds is 6. The first kappa shape index (κ1) is 19.2. The van der Waals surface area contributed by atoms with E-state index < -0.39 is 12.8 Å². The molecular weight excluding hydrogens is 378 g/mol. The highest BCUT2D eigenvalue weighted by atomic mass is 35.5. The summed E-state index contributed by atoms with van der Waals surface area (Å²) in [6.07, 6.45) is -0.00533. The quantitative estimate of drug-likeness (QED) is 0.752. The fourth-order valence-electron chi connectivity index (χ4n) is 3.16. The van der Waals surface area contributed by atoms with Crippen LogP contribution in [0.4, 0.5) is 14.5 Å². The van der Waals surface area contributed by atoms with Crippen LogP contribution in [0.15, 0.2) is 36.4 Å². The van der Waals surface area contributed by atoms with Crippen molar-refractivity contribution in [2.75, 3.05) is 19.0 Å². The van der Waals surface area contributed by atoms with Crippen LogP contribution >= 0.6 is 11.6 Å². The maximum absolute atomic E-state index is 13.0. The van der Waals surface area contributed by atoms with Gasteiger partial charge in [0.2, 0.25) is 0 Å². The number of carbonyl (C=O) groups excluding carboxylic acids is 1. The second-order valence-corrected chi connectivity index (χ2v) is 6.43. The van der Waals surface area contributed by atoms with Gasteiger partial charge in [0.1, 0.15) is 6.17 Å². The molecule has 2 aromatic rings. The Balaban J connectivity index is 2.12. The Kier molecular flexibility index (Phi) is 5.70. The lowest BCUT2D eigenvalue weighted by atomic mass is 10.0. The molecule has 3 rings (SSSR count). The smallest absolute Gasteiger partial charge is 0.387 e. The van der Waals surface area contributed by atoms with Crippen molar-refractivity contribution in [3.05, 3.63) is 52.5 Å². The van der Waals surface area contributed by atoms with Crippen LogP contribution in [-0.4, -0.2) is 31.1 Å². The van der Waals surface area contributed by atoms with Gasteiger partial charge in [-0.05, 0) is 30.7 Å². The molecule has 0 aromatic heterocycles. The Morgan fingerprint density at radius 1 is 1.30 bits per heavy atom. The monoisotopic (exact) mass is 396 g/mol. The molecule has 1 heterocycles. The molecule has 0 radical (unpaired) electrons. The zero-order valence-electron chi connectivity index (χ0n) is 14.8. The number of nitrogens with zero attached hydrogens (tertiary/aromatic N) is 1. The van der Waals surface area contributed by atoms with Gasteiger partial charge in [0, 0.05) is 17.1 Å². The summed E-state index contributed by atoms with van der Waals surface area (Å²) >= 11 is 6.05. The molecule has 0 spiro atoms. The first-order valence-corrected chi connectivity index (χ1v) is 8.82. The third-order valence-corrected chi connectivity index (χ3v) is 4.51. The first-order valence-electron chi connectivity index (χ1n) is 8.45. The summed E-state index contributed by atoms with van der Waals surface area (Å²) in [7, 11) is 1.37. The number of halogens is 3. The van der Waals surface area contributed by atoms with Gasteiger partial charge in [0.05, 0.1) is 18.4 Å². The maximum atomic E-state index is 13.0. The predicted molar refractivity (Wildman–Crippen MR) is 98.8 cm³/mol. The highest BCUT2D eigenvalue weighted by Gasteiger charge is 2.35. The Bertz CT molecular complexity index is 848. The van der Waals surface area contributed by atoms with Crippen molar-refractivity contribution in [2.45, 2.75) is 26.1 Å². The molecule has 0 aliphatic carbocycles. The van der Waals surface area contributed by atoms with E-state index in [9.17, 15) is 13.6 Å². The van der Waals surface area contributed by atoms with Crippen molar-refractivity contribution >= 4 is 23.2 Å². The van der Waals surface area contributed by atoms with Crippen molar-refractivity contribution in [1.29, 1.82) is 0 Å². The number of amides is 1. The fraction of sp³-hybridized carbons (Fsp3) is 0.316. The number of fused-ring (bicyclic) bond motifs is 1. The van der Waals surface area contributed by atoms with Gasteiger partial charge in [-0.2, -0.15) is 8.78 Å². The molecule has 0 fully saturated rings. The lowest BCUT2D eigenvalue weighted by Gasteiger charge is -2.38. The number of anilines is 1. The van der Waals surface area contributed by atoms with Crippen LogP contribution in [-0.2, 0) is 0 Å². The summed E-state index contributed by atoms with van der Waals surface area (Å²) in [5.74, 6) is -0.152. The number of methoxy groups -OCH3 is 1. The highest BCUT2D eigenvalue weighted by Crippen LogP contribution is 2.42. The van der Waals surface area contributed by atoms with Gasteiger partial charge in [-0.3, -0.25) is 4.79 Å². The molecule has 5 nitrogen and oxygen atoms in total. The standard InChI is InChI=1S/C19H19ClF2N2O3/c1-3-9-24-17(23-14-10-11(20)7-8-12(14)18(24)25)13-5-4-6-15(26-2)16(13)27-19(21)22/h4-8,10,17,19,23H,3,9H2,1-2H3. The topological polar surface area (TPSA) is 50.8 Å². The van der Waals surface area contributed by atoms with E-state index in [2.05, 4.69) is 5.32 Å². The van der Waals surface area contributed by atoms with Crippen molar-refractivity contribution in [3.8, 4) is 11.5 Å². The van der Waals surface area contributed by atoms with E-state index >= 15 is 0 Å². The largest absolute Gasteiger partial charge is 0.493 e. The minimum absolute atomic E-state index is 0.105. The zero-order valence-corrected chi connectivity index (χ0v) is 15.6. The van der Waals surface area contributed by atoms with Crippen molar-refractivity contribution < 1.29 is 23.0 Å². The highest BCUT2D eigenvalue weighted by molar-refractivity contribution is 6.31. The number of carbonyl (C=O) groups is 1. The molecule has 1 unspecified atom stereocenters. The molecule has 1 N–H and O–H groups in total. The molecule has 27 heavy (non-hydrogen) atoms. The van der Waals surface area contributed by atoms with E-state index in [1.165, 1.54) is 13.2 Å². The Labute approximate surface area is 160 Å². The van der Waals surface area contributed by atoms with Crippen molar-refractivity contribution in [3.63, 3.8) is 0 Å². The molecule has 0 saturated carbocycles. The molecule has 144 valence electrons. The number of alkyl halides is 2. The summed E-state index contributed by atoms with van der Waals surface area (Å²) in [5.41, 5.74) is 1.39. The van der Waals surface area contributed by atoms with E-state index in [1.54, 1.807) is 35.2 Å². The minimum Gasteiger partial charge on any atom is -0.493 e. The molecule has 1 atom stereocenters. The number of ether oxygens (including phenoxy) is 2. The van der Waals surface area contributed by atoms with Crippen LogP contribution in [0, 0.1) is 0 Å². The number of hydrogen-bond acceptors (Lipinski definition) is 4. The third kappa shape index (κ3) is 3.78. The molecule has 1 aliphatic rings. The number of benzene rings is 2. The summed E-state index contributed by atoms with van der Waals surface area (Å²) in [4.78, 5) is 14.6. The van der Waals surface area contributed by atoms with Gasteiger partial charge in [-0.25, -0.2) is 0 Å². The molecule has 0 saturated heterocycles. The summed E-state index contributed by atoms with van der Waals surface area (Å²) < 4.78 is 35.9. The van der Waals surface area contributed by atoms with E-state index in [1.807, 2.05) is 6.92 Å². The van der Waals surface area contributed by atoms with Gasteiger partial charge >= 0.3 is 6.61 Å². The normalized spacial score (nSPS) is 16.1. The van der Waals surface area contributed by atoms with E-state index in [0.717, 1.165) is 0 Å². The Morgan fingerprint density at radius 2 is 2.07 bits per heavy atom. The summed E-state index contributed by atoms with van der Waals surface area (Å²) in [6, 6.07) is 9.74. The summed E-state index contributed by atoms with van der Waals surface area (Å²) in [6.45, 7) is -0.658. The second kappa shape index (κ2) is 8.00. The Morgan fingerprint density at radius 3 is 2.74 bits per heavy atom. The third-order valence-electron chi connectivity index (χ3n) is 4.27. The molecule has 1 amide bonds. The molecule has 2 aromatic carbocycles. The molecular formula is C19H19ClF2N2O3. The van der Waals surface area contributed by atoms with Gasteiger partial charge in [-0.1, -0.05) is 30.7 Å². The van der Waals surface area contributed by atoms with Crippen LogP contribution in [0.1, 0.15) is 35.4 Å². The number of para-hydroxylation sites is 1. The molecule has 0 bridgehead atoms. The lowest BCUT2D eigenvalue weighted by Crippen LogP contribution is -2.43. The van der Waals surface area contributed by atoms with Gasteiger partial charge in [0.25, 0.3) is 5.91 Å². The number of nitrogens with one attached hydrogen (secondary N) is 1. The van der Waals surface area contributed by atoms with Gasteiger partial charge in [0.15, 0.2) is 11.5 Å². The van der Waals surface area contributed by atoms with E-state index in [0.29, 0.717) is 34.8 Å². The average Bonchev–Trinajstić information content (AvgIpc) is 2.63. The molecule has 8 heteroatoms. The fourth-order valence-corrected chi connectivity index (χ4v) is 3.33. The van der Waals surface area contributed by atoms with E-state index in [-0.39, 0.29) is 17.4 Å². The first-order chi connectivity index (χ1) is 13.0. The van der Waals surface area contributed by atoms with Crippen LogP contribution < -0.4 is 14.8 Å². The zero-order chi connectivity index (χ0) is 19.6. The predicted octanol–water partition coefficient (Wildman–Crippen LogP) is 4.93. The lowest BCUT2D eigenvalue weighted by molar-refractivity contribution is -0.0523. The van der Waals surface area contributed by atoms with Crippen LogP contribution in [0.3, 0.4) is 0 Å². The van der Waals surface area contributed by atoms with Gasteiger partial charge in [-0.15, -0.1) is 0 Å². The van der Waals surface area contributed by atoms with Crippen molar-refractivity contribution in [2.24, 2.45) is 0 Å². The Hall–Kier alpha value is -2.54. The number of hydrogen-bond donors (Lipinski definition) is 1. The van der Waals surface area contributed by atoms with Gasteiger partial charge < -0.3 is 19.7 Å². The molecule has 1 aliphatic heterocycles. The van der Waals surface area contributed by atoms with Crippen LogP contribution in [0.5, 0.6) is 11.5 Å². The van der Waals surface area contributed by atoms with Crippen molar-refractivity contribution in [1.82, 2.24) is 4.90 Å².